The summed E-state index contributed by atoms with van der Waals surface area (Å²) in [6.07, 6.45) is 0.510. The van der Waals surface area contributed by atoms with Gasteiger partial charge in [0.2, 0.25) is 5.91 Å². The molecule has 0 aromatic carbocycles. The lowest BCUT2D eigenvalue weighted by molar-refractivity contribution is -0.144. The minimum Gasteiger partial charge on any atom is -0.352 e. The summed E-state index contributed by atoms with van der Waals surface area (Å²) in [5.74, 6) is -1.45. The van der Waals surface area contributed by atoms with Crippen LogP contribution in [0.4, 0.5) is 17.6 Å². The molecule has 11 heteroatoms. The first-order valence-corrected chi connectivity index (χ1v) is 9.21. The van der Waals surface area contributed by atoms with Gasteiger partial charge in [-0.2, -0.15) is 18.3 Å². The Morgan fingerprint density at radius 1 is 1.20 bits per heavy atom. The molecule has 0 atom stereocenters. The van der Waals surface area contributed by atoms with Gasteiger partial charge in [0.1, 0.15) is 5.83 Å². The molecule has 2 aromatic heterocycles. The van der Waals surface area contributed by atoms with Gasteiger partial charge in [-0.05, 0) is 24.1 Å². The fourth-order valence-corrected chi connectivity index (χ4v) is 2.79. The number of allylic oxidation sites excluding steroid dienone is 2. The maximum absolute atomic E-state index is 13.3. The third-order valence-corrected chi connectivity index (χ3v) is 4.30. The molecule has 30 heavy (non-hydrogen) atoms. The van der Waals surface area contributed by atoms with Crippen LogP contribution in [-0.4, -0.2) is 32.6 Å². The van der Waals surface area contributed by atoms with Crippen LogP contribution >= 0.6 is 0 Å². The summed E-state index contributed by atoms with van der Waals surface area (Å²) in [6.45, 7) is 0.129. The molecule has 2 N–H and O–H groups in total. The standard InChI is InChI=1S/C19H19F4N5O2/c20-14-3-1-2-13(7-14)18(30)25-10-15-11-28-16(27-15)6-12(9-26-28)8-24-17(29)4-5-19(21,22)23/h2,6-7,9,11H,1,3-5,8,10H2,(H,24,29)(H,25,30). The average Bonchev–Trinajstić information content (AvgIpc) is 3.10. The molecule has 1 aliphatic rings. The molecule has 0 spiro atoms. The molecule has 0 saturated carbocycles. The first-order chi connectivity index (χ1) is 14.2. The molecule has 0 radical (unpaired) electrons. The highest BCUT2D eigenvalue weighted by Crippen LogP contribution is 2.21. The van der Waals surface area contributed by atoms with E-state index in [1.807, 2.05) is 0 Å². The Labute approximate surface area is 168 Å². The third kappa shape index (κ3) is 6.13. The minimum absolute atomic E-state index is 0.0190. The number of hydrogen-bond acceptors (Lipinski definition) is 4. The number of fused-ring (bicyclic) bond motifs is 1. The summed E-state index contributed by atoms with van der Waals surface area (Å²) in [4.78, 5) is 27.9. The van der Waals surface area contributed by atoms with Gasteiger partial charge in [0.05, 0.1) is 31.1 Å². The second-order valence-corrected chi connectivity index (χ2v) is 6.76. The van der Waals surface area contributed by atoms with Crippen molar-refractivity contribution in [2.24, 2.45) is 0 Å². The fraction of sp³-hybridized carbons (Fsp3) is 0.368. The smallest absolute Gasteiger partial charge is 0.352 e. The van der Waals surface area contributed by atoms with Gasteiger partial charge >= 0.3 is 6.18 Å². The summed E-state index contributed by atoms with van der Waals surface area (Å²) in [5, 5.41) is 9.20. The number of alkyl halides is 3. The topological polar surface area (TPSA) is 88.4 Å². The lowest BCUT2D eigenvalue weighted by atomic mass is 10.1. The molecule has 2 amide bonds. The number of hydrogen-bond donors (Lipinski definition) is 2. The number of aromatic nitrogens is 3. The van der Waals surface area contributed by atoms with Crippen LogP contribution in [0.3, 0.4) is 0 Å². The summed E-state index contributed by atoms with van der Waals surface area (Å²) < 4.78 is 51.2. The number of carbonyl (C=O) groups excluding carboxylic acids is 2. The highest BCUT2D eigenvalue weighted by Gasteiger charge is 2.27. The van der Waals surface area contributed by atoms with E-state index in [1.54, 1.807) is 18.3 Å². The Hall–Kier alpha value is -3.24. The SMILES string of the molecule is O=C(CCC(F)(F)F)NCc1cnn2cc(CNC(=O)C3=CCCC(F)=C3)nc2c1. The molecule has 160 valence electrons. The number of nitrogens with zero attached hydrogens (tertiary/aromatic N) is 3. The molecule has 0 saturated heterocycles. The molecule has 0 bridgehead atoms. The maximum atomic E-state index is 13.3. The Morgan fingerprint density at radius 2 is 2.00 bits per heavy atom. The van der Waals surface area contributed by atoms with Gasteiger partial charge in [-0.25, -0.2) is 13.9 Å². The van der Waals surface area contributed by atoms with Crippen LogP contribution in [0.15, 0.2) is 42.0 Å². The van der Waals surface area contributed by atoms with Crippen molar-refractivity contribution in [3.8, 4) is 0 Å². The van der Waals surface area contributed by atoms with Crippen LogP contribution in [0, 0.1) is 0 Å². The number of rotatable bonds is 7. The summed E-state index contributed by atoms with van der Waals surface area (Å²) in [5.41, 5.74) is 1.80. The van der Waals surface area contributed by atoms with Crippen LogP contribution in [-0.2, 0) is 22.7 Å². The largest absolute Gasteiger partial charge is 0.389 e. The zero-order chi connectivity index (χ0) is 21.7. The van der Waals surface area contributed by atoms with E-state index in [1.165, 1.54) is 16.8 Å². The highest BCUT2D eigenvalue weighted by molar-refractivity contribution is 5.96. The molecule has 3 rings (SSSR count). The van der Waals surface area contributed by atoms with Gasteiger partial charge in [-0.15, -0.1) is 0 Å². The highest BCUT2D eigenvalue weighted by atomic mass is 19.4. The van der Waals surface area contributed by atoms with Crippen molar-refractivity contribution in [2.45, 2.75) is 44.9 Å². The number of carbonyl (C=O) groups is 2. The van der Waals surface area contributed by atoms with Crippen molar-refractivity contribution in [1.29, 1.82) is 0 Å². The van der Waals surface area contributed by atoms with Gasteiger partial charge in [0.25, 0.3) is 5.91 Å². The summed E-state index contributed by atoms with van der Waals surface area (Å²) >= 11 is 0. The predicted octanol–water partition coefficient (Wildman–Crippen LogP) is 2.88. The lowest BCUT2D eigenvalue weighted by Crippen LogP contribution is -2.24. The Kier molecular flexibility index (Phi) is 6.48. The molecule has 0 fully saturated rings. The normalized spacial score (nSPS) is 14.3. The zero-order valence-electron chi connectivity index (χ0n) is 15.8. The fourth-order valence-electron chi connectivity index (χ4n) is 2.79. The van der Waals surface area contributed by atoms with Crippen molar-refractivity contribution in [2.75, 3.05) is 0 Å². The molecule has 0 unspecified atom stereocenters. The number of amides is 2. The second-order valence-electron chi connectivity index (χ2n) is 6.76. The summed E-state index contributed by atoms with van der Waals surface area (Å²) in [6, 6.07) is 1.63. The Morgan fingerprint density at radius 3 is 2.73 bits per heavy atom. The van der Waals surface area contributed by atoms with Crippen LogP contribution in [0.2, 0.25) is 0 Å². The van der Waals surface area contributed by atoms with E-state index < -0.39 is 30.8 Å². The number of nitrogens with one attached hydrogen (secondary N) is 2. The maximum Gasteiger partial charge on any atom is 0.389 e. The van der Waals surface area contributed by atoms with E-state index in [-0.39, 0.29) is 24.5 Å². The monoisotopic (exact) mass is 425 g/mol. The Balaban J connectivity index is 1.55. The van der Waals surface area contributed by atoms with Crippen molar-refractivity contribution in [1.82, 2.24) is 25.2 Å². The van der Waals surface area contributed by atoms with Crippen molar-refractivity contribution in [3.05, 3.63) is 53.3 Å². The second kappa shape index (κ2) is 9.06. The molecular weight excluding hydrogens is 406 g/mol. The van der Waals surface area contributed by atoms with Gasteiger partial charge in [0, 0.05) is 25.0 Å². The first kappa shape index (κ1) is 21.5. The van der Waals surface area contributed by atoms with Gasteiger partial charge < -0.3 is 10.6 Å². The average molecular weight is 425 g/mol. The van der Waals surface area contributed by atoms with E-state index in [2.05, 4.69) is 20.7 Å². The van der Waals surface area contributed by atoms with Crippen LogP contribution in [0.1, 0.15) is 36.9 Å². The minimum atomic E-state index is -4.38. The van der Waals surface area contributed by atoms with Gasteiger partial charge in [0.15, 0.2) is 5.65 Å². The van der Waals surface area contributed by atoms with Crippen LogP contribution in [0.5, 0.6) is 0 Å². The molecule has 7 nitrogen and oxygen atoms in total. The van der Waals surface area contributed by atoms with E-state index in [0.717, 1.165) is 0 Å². The third-order valence-electron chi connectivity index (χ3n) is 4.30. The van der Waals surface area contributed by atoms with E-state index in [4.69, 9.17) is 0 Å². The van der Waals surface area contributed by atoms with Crippen molar-refractivity contribution in [3.63, 3.8) is 0 Å². The molecular formula is C19H19F4N5O2. The zero-order valence-corrected chi connectivity index (χ0v) is 15.8. The first-order valence-electron chi connectivity index (χ1n) is 9.21. The quantitative estimate of drug-likeness (QED) is 0.668. The number of imidazole rings is 1. The predicted molar refractivity (Wildman–Crippen MR) is 98.5 cm³/mol. The van der Waals surface area contributed by atoms with Crippen LogP contribution < -0.4 is 10.6 Å². The lowest BCUT2D eigenvalue weighted by Gasteiger charge is -2.08. The van der Waals surface area contributed by atoms with E-state index in [9.17, 15) is 27.2 Å². The molecule has 1 aliphatic carbocycles. The summed E-state index contributed by atoms with van der Waals surface area (Å²) in [7, 11) is 0. The molecule has 2 heterocycles. The van der Waals surface area contributed by atoms with E-state index >= 15 is 0 Å². The van der Waals surface area contributed by atoms with Crippen molar-refractivity contribution >= 4 is 17.5 Å². The van der Waals surface area contributed by atoms with Gasteiger partial charge in [-0.3, -0.25) is 9.59 Å². The number of halogens is 4. The van der Waals surface area contributed by atoms with E-state index in [0.29, 0.717) is 29.7 Å². The molecule has 0 aliphatic heterocycles. The van der Waals surface area contributed by atoms with Crippen molar-refractivity contribution < 1.29 is 27.2 Å². The molecule has 2 aromatic rings. The Bertz CT molecular complexity index is 1010. The van der Waals surface area contributed by atoms with Crippen LogP contribution in [0.25, 0.3) is 5.65 Å². The van der Waals surface area contributed by atoms with Gasteiger partial charge in [-0.1, -0.05) is 6.08 Å².